The van der Waals surface area contributed by atoms with Crippen LogP contribution >= 0.6 is 23.2 Å². The summed E-state index contributed by atoms with van der Waals surface area (Å²) in [7, 11) is 0. The summed E-state index contributed by atoms with van der Waals surface area (Å²) < 4.78 is 27.0. The first kappa shape index (κ1) is 22.4. The lowest BCUT2D eigenvalue weighted by Gasteiger charge is -2.23. The van der Waals surface area contributed by atoms with E-state index in [2.05, 4.69) is 20.4 Å². The Morgan fingerprint density at radius 3 is 2.83 bits per heavy atom. The van der Waals surface area contributed by atoms with Crippen LogP contribution in [0.1, 0.15) is 31.5 Å². The minimum absolute atomic E-state index is 0.0266. The maximum atomic E-state index is 14.7. The van der Waals surface area contributed by atoms with Gasteiger partial charge in [-0.05, 0) is 38.3 Å². The van der Waals surface area contributed by atoms with Crippen LogP contribution in [0.3, 0.4) is 0 Å². The minimum atomic E-state index is -1.54. The number of ether oxygens (including phenoxy) is 2. The van der Waals surface area contributed by atoms with Gasteiger partial charge in [-0.3, -0.25) is 14.8 Å². The van der Waals surface area contributed by atoms with Gasteiger partial charge in [0.1, 0.15) is 23.1 Å². The number of anilines is 1. The molecule has 0 radical (unpaired) electrons. The molecular formula is C17H21Cl2FN6O4. The third kappa shape index (κ3) is 5.08. The maximum Gasteiger partial charge on any atom is 0.352 e. The van der Waals surface area contributed by atoms with Crippen molar-refractivity contribution < 1.29 is 18.8 Å². The number of hydrogen-bond acceptors (Lipinski definition) is 8. The Bertz CT molecular complexity index is 909. The van der Waals surface area contributed by atoms with Gasteiger partial charge in [0.25, 0.3) is 0 Å². The Morgan fingerprint density at radius 1 is 1.47 bits per heavy atom. The van der Waals surface area contributed by atoms with Crippen molar-refractivity contribution in [3.63, 3.8) is 0 Å². The monoisotopic (exact) mass is 462 g/mol. The molecule has 13 heteroatoms. The first-order valence-corrected chi connectivity index (χ1v) is 10.1. The normalized spacial score (nSPS) is 16.8. The van der Waals surface area contributed by atoms with E-state index in [0.29, 0.717) is 31.7 Å². The molecule has 3 heterocycles. The highest BCUT2D eigenvalue weighted by molar-refractivity contribution is 6.33. The SMILES string of the molecule is Cc1c([N+](=O)[O-])c(OCC(F)C(C)Nc2nc(Cl)ncc2Cl)nn1C1CCOCC1. The molecule has 0 saturated carbocycles. The van der Waals surface area contributed by atoms with Crippen molar-refractivity contribution in [1.82, 2.24) is 19.7 Å². The van der Waals surface area contributed by atoms with Gasteiger partial charge in [0.2, 0.25) is 5.28 Å². The molecule has 2 aromatic rings. The Balaban J connectivity index is 1.69. The summed E-state index contributed by atoms with van der Waals surface area (Å²) in [5, 5.41) is 18.7. The number of nitro groups is 1. The predicted molar refractivity (Wildman–Crippen MR) is 108 cm³/mol. The fourth-order valence-electron chi connectivity index (χ4n) is 3.13. The molecule has 2 unspecified atom stereocenters. The molecule has 1 N–H and O–H groups in total. The van der Waals surface area contributed by atoms with Crippen LogP contribution in [0.15, 0.2) is 6.20 Å². The molecule has 0 spiro atoms. The lowest BCUT2D eigenvalue weighted by Crippen LogP contribution is -2.32. The van der Waals surface area contributed by atoms with Crippen LogP contribution in [0.5, 0.6) is 5.88 Å². The summed E-state index contributed by atoms with van der Waals surface area (Å²) in [5.41, 5.74) is 0.103. The quantitative estimate of drug-likeness (QED) is 0.357. The topological polar surface area (TPSA) is 117 Å². The third-order valence-corrected chi connectivity index (χ3v) is 5.27. The second-order valence-corrected chi connectivity index (χ2v) is 7.63. The molecule has 0 bridgehead atoms. The van der Waals surface area contributed by atoms with E-state index >= 15 is 0 Å². The van der Waals surface area contributed by atoms with Crippen LogP contribution in [0.4, 0.5) is 15.9 Å². The summed E-state index contributed by atoms with van der Waals surface area (Å²) >= 11 is 11.7. The Morgan fingerprint density at radius 2 is 2.17 bits per heavy atom. The summed E-state index contributed by atoms with van der Waals surface area (Å²) in [6.45, 7) is 3.82. The smallest absolute Gasteiger partial charge is 0.352 e. The van der Waals surface area contributed by atoms with E-state index in [0.717, 1.165) is 0 Å². The zero-order valence-electron chi connectivity index (χ0n) is 16.3. The molecule has 1 aliphatic heterocycles. The van der Waals surface area contributed by atoms with Gasteiger partial charge in [-0.25, -0.2) is 9.37 Å². The van der Waals surface area contributed by atoms with Crippen molar-refractivity contribution in [2.75, 3.05) is 25.1 Å². The second-order valence-electron chi connectivity index (χ2n) is 6.88. The zero-order chi connectivity index (χ0) is 21.8. The van der Waals surface area contributed by atoms with E-state index in [1.807, 2.05) is 0 Å². The third-order valence-electron chi connectivity index (χ3n) is 4.81. The first-order chi connectivity index (χ1) is 14.3. The number of nitrogens with zero attached hydrogens (tertiary/aromatic N) is 5. The number of aromatic nitrogens is 4. The second kappa shape index (κ2) is 9.71. The average molecular weight is 463 g/mol. The zero-order valence-corrected chi connectivity index (χ0v) is 17.9. The lowest BCUT2D eigenvalue weighted by atomic mass is 10.1. The summed E-state index contributed by atoms with van der Waals surface area (Å²) in [4.78, 5) is 18.6. The molecule has 0 aliphatic carbocycles. The van der Waals surface area contributed by atoms with Gasteiger partial charge >= 0.3 is 11.6 Å². The van der Waals surface area contributed by atoms with Crippen molar-refractivity contribution in [3.8, 4) is 5.88 Å². The summed E-state index contributed by atoms with van der Waals surface area (Å²) in [6.07, 6.45) is 1.13. The van der Waals surface area contributed by atoms with Crippen LogP contribution in [0.2, 0.25) is 10.3 Å². The summed E-state index contributed by atoms with van der Waals surface area (Å²) in [5.74, 6) is -0.0283. The van der Waals surface area contributed by atoms with Crippen molar-refractivity contribution >= 4 is 34.7 Å². The van der Waals surface area contributed by atoms with E-state index in [1.54, 1.807) is 18.5 Å². The van der Waals surface area contributed by atoms with Crippen LogP contribution in [0.25, 0.3) is 0 Å². The standard InChI is InChI=1S/C17H21Cl2FN6O4/c1-9(22-15-12(18)7-21-17(19)23-15)13(20)8-30-16-14(26(27)28)10(2)25(24-16)11-3-5-29-6-4-11/h7,9,11,13H,3-6,8H2,1-2H3,(H,21,22,23). The fraction of sp³-hybridized carbons (Fsp3) is 0.588. The van der Waals surface area contributed by atoms with E-state index in [9.17, 15) is 14.5 Å². The van der Waals surface area contributed by atoms with Gasteiger partial charge in [0.05, 0.1) is 23.2 Å². The number of hydrogen-bond donors (Lipinski definition) is 1. The molecule has 2 aromatic heterocycles. The lowest BCUT2D eigenvalue weighted by molar-refractivity contribution is -0.386. The maximum absolute atomic E-state index is 14.7. The van der Waals surface area contributed by atoms with Gasteiger partial charge in [-0.2, -0.15) is 4.98 Å². The van der Waals surface area contributed by atoms with Crippen LogP contribution < -0.4 is 10.1 Å². The first-order valence-electron chi connectivity index (χ1n) is 9.30. The van der Waals surface area contributed by atoms with Crippen molar-refractivity contribution in [2.45, 2.75) is 44.9 Å². The average Bonchev–Trinajstić information content (AvgIpc) is 3.05. The number of nitrogens with one attached hydrogen (secondary N) is 1. The Labute approximate surface area is 181 Å². The van der Waals surface area contributed by atoms with Gasteiger partial charge in [0, 0.05) is 13.2 Å². The van der Waals surface area contributed by atoms with Crippen molar-refractivity contribution in [3.05, 3.63) is 32.3 Å². The van der Waals surface area contributed by atoms with E-state index in [1.165, 1.54) is 6.20 Å². The van der Waals surface area contributed by atoms with Gasteiger partial charge < -0.3 is 14.8 Å². The molecule has 164 valence electrons. The van der Waals surface area contributed by atoms with E-state index in [-0.39, 0.29) is 33.7 Å². The molecule has 10 nitrogen and oxygen atoms in total. The molecule has 1 fully saturated rings. The number of rotatable bonds is 8. The van der Waals surface area contributed by atoms with Gasteiger partial charge in [0.15, 0.2) is 6.17 Å². The van der Waals surface area contributed by atoms with Crippen molar-refractivity contribution in [1.29, 1.82) is 0 Å². The van der Waals surface area contributed by atoms with Crippen molar-refractivity contribution in [2.24, 2.45) is 0 Å². The highest BCUT2D eigenvalue weighted by Crippen LogP contribution is 2.34. The molecule has 2 atom stereocenters. The Kier molecular flexibility index (Phi) is 7.27. The Hall–Kier alpha value is -2.24. The predicted octanol–water partition coefficient (Wildman–Crippen LogP) is 3.77. The number of halogens is 3. The number of alkyl halides is 1. The molecule has 0 aromatic carbocycles. The largest absolute Gasteiger partial charge is 0.469 e. The highest BCUT2D eigenvalue weighted by Gasteiger charge is 2.31. The fourth-order valence-corrected chi connectivity index (χ4v) is 3.41. The molecule has 3 rings (SSSR count). The van der Waals surface area contributed by atoms with Gasteiger partial charge in [-0.1, -0.05) is 11.6 Å². The molecular weight excluding hydrogens is 442 g/mol. The molecule has 1 aliphatic rings. The molecule has 30 heavy (non-hydrogen) atoms. The van der Waals surface area contributed by atoms with Gasteiger partial charge in [-0.15, -0.1) is 5.10 Å². The molecule has 1 saturated heterocycles. The van der Waals surface area contributed by atoms with E-state index < -0.39 is 23.7 Å². The van der Waals surface area contributed by atoms with E-state index in [4.69, 9.17) is 32.7 Å². The highest BCUT2D eigenvalue weighted by atomic mass is 35.5. The van der Waals surface area contributed by atoms with Crippen LogP contribution in [-0.2, 0) is 4.74 Å². The minimum Gasteiger partial charge on any atom is -0.469 e. The van der Waals surface area contributed by atoms with Crippen LogP contribution in [0, 0.1) is 17.0 Å². The molecule has 0 amide bonds. The van der Waals surface area contributed by atoms with Crippen LogP contribution in [-0.4, -0.2) is 56.7 Å². The summed E-state index contributed by atoms with van der Waals surface area (Å²) in [6, 6.07) is -0.799.